The molecule has 0 saturated carbocycles. The highest BCUT2D eigenvalue weighted by molar-refractivity contribution is 6.32. The van der Waals surface area contributed by atoms with Crippen LogP contribution in [0, 0.1) is 0 Å². The maximum Gasteiger partial charge on any atom is 0.319 e. The molecule has 5 N–H and O–H groups in total. The second-order valence-corrected chi connectivity index (χ2v) is 11.4. The van der Waals surface area contributed by atoms with Crippen molar-refractivity contribution in [3.63, 3.8) is 0 Å². The number of piperidine rings is 1. The number of para-hydroxylation sites is 1. The van der Waals surface area contributed by atoms with Crippen LogP contribution in [0.3, 0.4) is 0 Å². The number of aromatic nitrogens is 4. The summed E-state index contributed by atoms with van der Waals surface area (Å²) in [5.41, 5.74) is 3.25. The molecule has 3 aromatic heterocycles. The van der Waals surface area contributed by atoms with E-state index in [0.717, 1.165) is 78.8 Å². The van der Waals surface area contributed by atoms with E-state index >= 15 is 0 Å². The predicted octanol–water partition coefficient (Wildman–Crippen LogP) is 4.83. The molecule has 1 atom stereocenters. The number of rotatable bonds is 11. The average molecular weight is 614 g/mol. The summed E-state index contributed by atoms with van der Waals surface area (Å²) >= 11 is 6.39. The Morgan fingerprint density at radius 3 is 2.82 bits per heavy atom. The summed E-state index contributed by atoms with van der Waals surface area (Å²) in [6.45, 7) is 3.23. The number of anilines is 2. The number of benzene rings is 2. The average Bonchev–Trinajstić information content (AvgIpc) is 3.69. The second kappa shape index (κ2) is 13.8. The standard InChI is InChI=1S/C32H36ClN9O2/c33-26-7-1-2-8-27(26)42-17-12-22-9-10-23(18-28(22)42)40-32(44)37-19-29(43)35-14-4-3-13-34-24-6-5-16-41(20-24)31-25-11-15-36-30(25)38-21-39-31/h1-2,7-12,15,17-18,21,24,34H,3-6,13-14,16,19-20H2,(H,35,43)(H,36,38,39)(H2,37,40,44)/t24-/m1/s1. The quantitative estimate of drug-likeness (QED) is 0.136. The Morgan fingerprint density at radius 2 is 1.91 bits per heavy atom. The minimum atomic E-state index is -0.444. The van der Waals surface area contributed by atoms with Gasteiger partial charge in [0.1, 0.15) is 17.8 Å². The monoisotopic (exact) mass is 613 g/mol. The van der Waals surface area contributed by atoms with E-state index in [2.05, 4.69) is 41.1 Å². The van der Waals surface area contributed by atoms with Gasteiger partial charge in [-0.3, -0.25) is 4.79 Å². The van der Waals surface area contributed by atoms with E-state index in [1.807, 2.05) is 71.6 Å². The van der Waals surface area contributed by atoms with Gasteiger partial charge < -0.3 is 35.7 Å². The van der Waals surface area contributed by atoms with Crippen molar-refractivity contribution >= 4 is 57.0 Å². The Morgan fingerprint density at radius 1 is 1.02 bits per heavy atom. The number of nitrogens with zero attached hydrogens (tertiary/aromatic N) is 4. The van der Waals surface area contributed by atoms with Gasteiger partial charge in [-0.05, 0) is 68.6 Å². The summed E-state index contributed by atoms with van der Waals surface area (Å²) in [5.74, 6) is 0.761. The summed E-state index contributed by atoms with van der Waals surface area (Å²) in [6, 6.07) is 17.2. The van der Waals surface area contributed by atoms with Gasteiger partial charge in [0, 0.05) is 49.1 Å². The molecule has 3 amide bonds. The predicted molar refractivity (Wildman–Crippen MR) is 175 cm³/mol. The van der Waals surface area contributed by atoms with Crippen LogP contribution < -0.4 is 26.2 Å². The molecule has 12 heteroatoms. The molecule has 0 spiro atoms. The first-order valence-electron chi connectivity index (χ1n) is 15.0. The van der Waals surface area contributed by atoms with Crippen molar-refractivity contribution in [2.45, 2.75) is 31.7 Å². The number of carbonyl (C=O) groups is 2. The lowest BCUT2D eigenvalue weighted by atomic mass is 10.1. The first-order chi connectivity index (χ1) is 21.5. The van der Waals surface area contributed by atoms with Crippen LogP contribution in [0.15, 0.2) is 73.3 Å². The van der Waals surface area contributed by atoms with Crippen molar-refractivity contribution in [2.24, 2.45) is 0 Å². The van der Waals surface area contributed by atoms with Crippen LogP contribution in [0.2, 0.25) is 5.02 Å². The number of amides is 3. The maximum absolute atomic E-state index is 12.5. The number of hydrogen-bond acceptors (Lipinski definition) is 6. The molecule has 0 aliphatic carbocycles. The summed E-state index contributed by atoms with van der Waals surface area (Å²) in [4.78, 5) is 39.1. The Balaban J connectivity index is 0.882. The SMILES string of the molecule is O=C(CNC(=O)Nc1ccc2ccn(-c3ccccc3Cl)c2c1)NCCCCN[C@@H]1CCCN(c2ncnc3[nH]ccc23)C1. The number of aromatic amines is 1. The van der Waals surface area contributed by atoms with Gasteiger partial charge in [0.05, 0.1) is 28.2 Å². The molecule has 1 fully saturated rings. The lowest BCUT2D eigenvalue weighted by Gasteiger charge is -2.34. The molecular weight excluding hydrogens is 578 g/mol. The topological polar surface area (TPSA) is 132 Å². The number of H-pyrrole nitrogens is 1. The highest BCUT2D eigenvalue weighted by atomic mass is 35.5. The van der Waals surface area contributed by atoms with Crippen LogP contribution in [-0.4, -0.2) is 70.2 Å². The summed E-state index contributed by atoms with van der Waals surface area (Å²) in [5, 5.41) is 14.7. The highest BCUT2D eigenvalue weighted by Gasteiger charge is 2.22. The smallest absolute Gasteiger partial charge is 0.319 e. The van der Waals surface area contributed by atoms with Crippen LogP contribution in [0.1, 0.15) is 25.7 Å². The fourth-order valence-corrected chi connectivity index (χ4v) is 5.92. The van der Waals surface area contributed by atoms with Gasteiger partial charge in [-0.15, -0.1) is 0 Å². The molecule has 0 bridgehead atoms. The van der Waals surface area contributed by atoms with Crippen LogP contribution in [-0.2, 0) is 4.79 Å². The number of urea groups is 1. The third-order valence-electron chi connectivity index (χ3n) is 7.89. The van der Waals surface area contributed by atoms with Crippen molar-refractivity contribution in [1.82, 2.24) is 35.5 Å². The first-order valence-corrected chi connectivity index (χ1v) is 15.4. The molecule has 1 aliphatic rings. The third kappa shape index (κ3) is 6.95. The summed E-state index contributed by atoms with van der Waals surface area (Å²) < 4.78 is 1.98. The molecule has 1 aliphatic heterocycles. The zero-order valence-corrected chi connectivity index (χ0v) is 25.1. The third-order valence-corrected chi connectivity index (χ3v) is 8.20. The van der Waals surface area contributed by atoms with Gasteiger partial charge >= 0.3 is 6.03 Å². The van der Waals surface area contributed by atoms with Crippen LogP contribution in [0.5, 0.6) is 0 Å². The van der Waals surface area contributed by atoms with Gasteiger partial charge in [0.25, 0.3) is 0 Å². The fourth-order valence-electron chi connectivity index (χ4n) is 5.69. The maximum atomic E-state index is 12.5. The Kier molecular flexibility index (Phi) is 9.23. The minimum absolute atomic E-state index is 0.0995. The number of halogens is 1. The normalized spacial score (nSPS) is 15.0. The zero-order chi connectivity index (χ0) is 30.3. The molecule has 228 valence electrons. The van der Waals surface area contributed by atoms with E-state index < -0.39 is 6.03 Å². The Labute approximate surface area is 260 Å². The van der Waals surface area contributed by atoms with E-state index in [9.17, 15) is 9.59 Å². The molecular formula is C32H36ClN9O2. The molecule has 2 aromatic carbocycles. The molecule has 44 heavy (non-hydrogen) atoms. The molecule has 5 aromatic rings. The number of fused-ring (bicyclic) bond motifs is 2. The van der Waals surface area contributed by atoms with Crippen molar-refractivity contribution < 1.29 is 9.59 Å². The number of nitrogens with one attached hydrogen (secondary N) is 5. The van der Waals surface area contributed by atoms with E-state index in [1.54, 1.807) is 6.33 Å². The largest absolute Gasteiger partial charge is 0.355 e. The second-order valence-electron chi connectivity index (χ2n) is 11.0. The molecule has 0 unspecified atom stereocenters. The fraction of sp³-hybridized carbons (Fsp3) is 0.312. The van der Waals surface area contributed by atoms with Crippen molar-refractivity contribution in [2.75, 3.05) is 42.9 Å². The van der Waals surface area contributed by atoms with Gasteiger partial charge in [0.2, 0.25) is 5.91 Å². The minimum Gasteiger partial charge on any atom is -0.355 e. The van der Waals surface area contributed by atoms with Gasteiger partial charge in [-0.1, -0.05) is 29.8 Å². The van der Waals surface area contributed by atoms with Gasteiger partial charge in [-0.25, -0.2) is 14.8 Å². The number of hydrogen-bond donors (Lipinski definition) is 5. The lowest BCUT2D eigenvalue weighted by Crippen LogP contribution is -2.46. The number of unbranched alkanes of at least 4 members (excludes halogenated alkanes) is 1. The van der Waals surface area contributed by atoms with Gasteiger partial charge in [-0.2, -0.15) is 0 Å². The van der Waals surface area contributed by atoms with Crippen molar-refractivity contribution in [3.05, 3.63) is 78.3 Å². The Hall–Kier alpha value is -4.61. The highest BCUT2D eigenvalue weighted by Crippen LogP contribution is 2.28. The molecule has 1 saturated heterocycles. The molecule has 4 heterocycles. The van der Waals surface area contributed by atoms with E-state index in [-0.39, 0.29) is 12.5 Å². The zero-order valence-electron chi connectivity index (χ0n) is 24.4. The molecule has 0 radical (unpaired) electrons. The lowest BCUT2D eigenvalue weighted by molar-refractivity contribution is -0.120. The Bertz CT molecular complexity index is 1750. The number of carbonyl (C=O) groups excluding carboxylic acids is 2. The van der Waals surface area contributed by atoms with Crippen LogP contribution >= 0.6 is 11.6 Å². The van der Waals surface area contributed by atoms with E-state index in [1.165, 1.54) is 0 Å². The van der Waals surface area contributed by atoms with Gasteiger partial charge in [0.15, 0.2) is 0 Å². The van der Waals surface area contributed by atoms with E-state index in [0.29, 0.717) is 23.3 Å². The summed E-state index contributed by atoms with van der Waals surface area (Å²) in [7, 11) is 0. The first kappa shape index (κ1) is 29.5. The summed E-state index contributed by atoms with van der Waals surface area (Å²) in [6.07, 6.45) is 9.49. The molecule has 11 nitrogen and oxygen atoms in total. The van der Waals surface area contributed by atoms with Crippen molar-refractivity contribution in [3.8, 4) is 5.69 Å². The van der Waals surface area contributed by atoms with E-state index in [4.69, 9.17) is 11.6 Å². The molecule has 6 rings (SSSR count). The van der Waals surface area contributed by atoms with Crippen LogP contribution in [0.25, 0.3) is 27.6 Å². The van der Waals surface area contributed by atoms with Crippen LogP contribution in [0.4, 0.5) is 16.3 Å². The van der Waals surface area contributed by atoms with Crippen molar-refractivity contribution in [1.29, 1.82) is 0 Å².